The molecule has 0 aliphatic carbocycles. The van der Waals surface area contributed by atoms with Gasteiger partial charge in [-0.1, -0.05) is 26.0 Å². The van der Waals surface area contributed by atoms with Crippen LogP contribution in [0.3, 0.4) is 0 Å². The van der Waals surface area contributed by atoms with Crippen LogP contribution in [0.15, 0.2) is 63.9 Å². The van der Waals surface area contributed by atoms with Gasteiger partial charge in [0.2, 0.25) is 0 Å². The number of rotatable bonds is 3. The number of oxazole rings is 1. The maximum Gasteiger partial charge on any atom is 0.573 e. The molecular formula is C22H18F4N2O3. The molecule has 0 saturated carbocycles. The van der Waals surface area contributed by atoms with E-state index in [2.05, 4.69) is 9.72 Å². The standard InChI is InChI=1S/C20H12F4N2O3.C2H6/c1-11-25-17-18(28-11)16(12-2-4-13(21)5-3-12)10-26(19(17)27)14-6-8-15(9-7-14)29-20(22,23)24;1-2/h2-10H,1H3;1-2H3. The minimum absolute atomic E-state index is 0.0555. The lowest BCUT2D eigenvalue weighted by atomic mass is 10.1. The molecule has 5 nitrogen and oxygen atoms in total. The van der Waals surface area contributed by atoms with Crippen LogP contribution < -0.4 is 10.3 Å². The molecule has 0 aliphatic heterocycles. The number of aromatic nitrogens is 2. The molecule has 0 amide bonds. The molecule has 0 saturated heterocycles. The SMILES string of the molecule is CC.Cc1nc2c(=O)n(-c3ccc(OC(F)(F)F)cc3)cc(-c3ccc(F)cc3)c2o1. The number of halogens is 4. The second kappa shape index (κ2) is 8.63. The summed E-state index contributed by atoms with van der Waals surface area (Å²) in [6, 6.07) is 10.4. The summed E-state index contributed by atoms with van der Waals surface area (Å²) in [5.41, 5.74) is 1.16. The molecule has 2 aromatic carbocycles. The summed E-state index contributed by atoms with van der Waals surface area (Å²) in [4.78, 5) is 17.0. The molecule has 0 spiro atoms. The van der Waals surface area contributed by atoms with E-state index in [1.54, 1.807) is 6.92 Å². The fourth-order valence-corrected chi connectivity index (χ4v) is 2.95. The van der Waals surface area contributed by atoms with Gasteiger partial charge in [0.15, 0.2) is 17.0 Å². The monoisotopic (exact) mass is 434 g/mol. The first-order valence-corrected chi connectivity index (χ1v) is 9.36. The topological polar surface area (TPSA) is 57.3 Å². The number of alkyl halides is 3. The number of hydrogen-bond acceptors (Lipinski definition) is 4. The normalized spacial score (nSPS) is 11.2. The summed E-state index contributed by atoms with van der Waals surface area (Å²) in [5, 5.41) is 0. The number of nitrogens with zero attached hydrogens (tertiary/aromatic N) is 2. The highest BCUT2D eigenvalue weighted by molar-refractivity contribution is 5.89. The molecule has 9 heteroatoms. The number of fused-ring (bicyclic) bond motifs is 1. The van der Waals surface area contributed by atoms with Crippen LogP contribution in [0.2, 0.25) is 0 Å². The lowest BCUT2D eigenvalue weighted by molar-refractivity contribution is -0.274. The molecule has 2 aromatic heterocycles. The molecule has 4 rings (SSSR count). The zero-order valence-corrected chi connectivity index (χ0v) is 16.8. The van der Waals surface area contributed by atoms with Gasteiger partial charge in [0.1, 0.15) is 11.6 Å². The fourth-order valence-electron chi connectivity index (χ4n) is 2.95. The highest BCUT2D eigenvalue weighted by Crippen LogP contribution is 2.29. The average molecular weight is 434 g/mol. The highest BCUT2D eigenvalue weighted by atomic mass is 19.4. The van der Waals surface area contributed by atoms with Crippen LogP contribution in [0.1, 0.15) is 19.7 Å². The predicted molar refractivity (Wildman–Crippen MR) is 108 cm³/mol. The first kappa shape index (κ1) is 22.1. The Morgan fingerprint density at radius 3 is 2.19 bits per heavy atom. The molecule has 0 unspecified atom stereocenters. The van der Waals surface area contributed by atoms with Gasteiger partial charge in [0.05, 0.1) is 0 Å². The number of pyridine rings is 1. The van der Waals surface area contributed by atoms with Crippen LogP contribution in [-0.2, 0) is 0 Å². The first-order chi connectivity index (χ1) is 14.7. The molecule has 0 bridgehead atoms. The van der Waals surface area contributed by atoms with E-state index in [-0.39, 0.29) is 17.0 Å². The van der Waals surface area contributed by atoms with Crippen LogP contribution in [0, 0.1) is 12.7 Å². The van der Waals surface area contributed by atoms with Gasteiger partial charge in [-0.25, -0.2) is 9.37 Å². The summed E-state index contributed by atoms with van der Waals surface area (Å²) in [7, 11) is 0. The van der Waals surface area contributed by atoms with Crippen molar-refractivity contribution in [1.82, 2.24) is 9.55 Å². The van der Waals surface area contributed by atoms with E-state index in [0.717, 1.165) is 12.1 Å². The smallest absolute Gasteiger partial charge is 0.440 e. The van der Waals surface area contributed by atoms with Crippen molar-refractivity contribution in [3.05, 3.63) is 76.8 Å². The van der Waals surface area contributed by atoms with Crippen molar-refractivity contribution in [3.8, 4) is 22.6 Å². The number of benzene rings is 2. The highest BCUT2D eigenvalue weighted by Gasteiger charge is 2.31. The van der Waals surface area contributed by atoms with Crippen molar-refractivity contribution in [1.29, 1.82) is 0 Å². The Morgan fingerprint density at radius 1 is 1.00 bits per heavy atom. The van der Waals surface area contributed by atoms with Gasteiger partial charge in [-0.15, -0.1) is 13.2 Å². The van der Waals surface area contributed by atoms with Crippen molar-refractivity contribution in [2.45, 2.75) is 27.1 Å². The van der Waals surface area contributed by atoms with Crippen molar-refractivity contribution >= 4 is 11.1 Å². The molecule has 0 radical (unpaired) electrons. The van der Waals surface area contributed by atoms with Crippen molar-refractivity contribution < 1.29 is 26.7 Å². The van der Waals surface area contributed by atoms with Crippen LogP contribution in [0.25, 0.3) is 27.9 Å². The molecule has 162 valence electrons. The van der Waals surface area contributed by atoms with E-state index in [9.17, 15) is 22.4 Å². The van der Waals surface area contributed by atoms with E-state index in [1.165, 1.54) is 47.2 Å². The number of aryl methyl sites for hydroxylation is 1. The number of hydrogen-bond donors (Lipinski definition) is 0. The summed E-state index contributed by atoms with van der Waals surface area (Å²) < 4.78 is 61.0. The molecule has 4 aromatic rings. The predicted octanol–water partition coefficient (Wildman–Crippen LogP) is 6.02. The lowest BCUT2D eigenvalue weighted by Crippen LogP contribution is -2.19. The average Bonchev–Trinajstić information content (AvgIpc) is 3.12. The summed E-state index contributed by atoms with van der Waals surface area (Å²) >= 11 is 0. The summed E-state index contributed by atoms with van der Waals surface area (Å²) in [6.45, 7) is 5.58. The van der Waals surface area contributed by atoms with Gasteiger partial charge in [-0.2, -0.15) is 0 Å². The van der Waals surface area contributed by atoms with E-state index in [1.807, 2.05) is 13.8 Å². The molecule has 31 heavy (non-hydrogen) atoms. The van der Waals surface area contributed by atoms with Crippen LogP contribution in [0.5, 0.6) is 5.75 Å². The second-order valence-corrected chi connectivity index (χ2v) is 6.18. The zero-order chi connectivity index (χ0) is 22.8. The Balaban J connectivity index is 0.00000132. The quantitative estimate of drug-likeness (QED) is 0.370. The maximum absolute atomic E-state index is 13.3. The van der Waals surface area contributed by atoms with Crippen LogP contribution >= 0.6 is 0 Å². The first-order valence-electron chi connectivity index (χ1n) is 9.36. The minimum atomic E-state index is -4.81. The second-order valence-electron chi connectivity index (χ2n) is 6.18. The number of ether oxygens (including phenoxy) is 1. The van der Waals surface area contributed by atoms with Crippen molar-refractivity contribution in [2.75, 3.05) is 0 Å². The molecule has 0 N–H and O–H groups in total. The van der Waals surface area contributed by atoms with E-state index in [4.69, 9.17) is 4.42 Å². The fraction of sp³-hybridized carbons (Fsp3) is 0.182. The van der Waals surface area contributed by atoms with E-state index >= 15 is 0 Å². The third-order valence-electron chi connectivity index (χ3n) is 4.16. The molecular weight excluding hydrogens is 416 g/mol. The van der Waals surface area contributed by atoms with Gasteiger partial charge in [-0.3, -0.25) is 9.36 Å². The van der Waals surface area contributed by atoms with Crippen molar-refractivity contribution in [3.63, 3.8) is 0 Å². The zero-order valence-electron chi connectivity index (χ0n) is 16.8. The summed E-state index contributed by atoms with van der Waals surface area (Å²) in [6.07, 6.45) is -3.34. The maximum atomic E-state index is 13.3. The van der Waals surface area contributed by atoms with E-state index in [0.29, 0.717) is 16.8 Å². The third kappa shape index (κ3) is 4.76. The van der Waals surface area contributed by atoms with Gasteiger partial charge in [0.25, 0.3) is 5.56 Å². The Labute approximate surface area is 174 Å². The lowest BCUT2D eigenvalue weighted by Gasteiger charge is -2.12. The van der Waals surface area contributed by atoms with Gasteiger partial charge in [0, 0.05) is 24.4 Å². The molecule has 0 fully saturated rings. The van der Waals surface area contributed by atoms with Gasteiger partial charge >= 0.3 is 6.36 Å². The van der Waals surface area contributed by atoms with Crippen molar-refractivity contribution in [2.24, 2.45) is 0 Å². The Kier molecular flexibility index (Phi) is 6.14. The Morgan fingerprint density at radius 2 is 1.61 bits per heavy atom. The summed E-state index contributed by atoms with van der Waals surface area (Å²) in [5.74, 6) is -0.564. The molecule has 0 aliphatic rings. The Bertz CT molecular complexity index is 1240. The van der Waals surface area contributed by atoms with Crippen LogP contribution in [0.4, 0.5) is 17.6 Å². The minimum Gasteiger partial charge on any atom is -0.440 e. The largest absolute Gasteiger partial charge is 0.573 e. The Hall–Kier alpha value is -3.62. The molecule has 0 atom stereocenters. The third-order valence-corrected chi connectivity index (χ3v) is 4.16. The van der Waals surface area contributed by atoms with Gasteiger partial charge in [-0.05, 0) is 42.0 Å². The van der Waals surface area contributed by atoms with Crippen LogP contribution in [-0.4, -0.2) is 15.9 Å². The van der Waals surface area contributed by atoms with Gasteiger partial charge < -0.3 is 9.15 Å². The van der Waals surface area contributed by atoms with E-state index < -0.39 is 23.5 Å². The molecule has 2 heterocycles.